The summed E-state index contributed by atoms with van der Waals surface area (Å²) in [6.07, 6.45) is 8.61. The maximum atomic E-state index is 5.26. The maximum absolute atomic E-state index is 5.26. The second kappa shape index (κ2) is 2.57. The molecular weight excluding hydrogens is 136 g/mol. The number of hydrogen-bond donors (Lipinski definition) is 0. The van der Waals surface area contributed by atoms with Gasteiger partial charge < -0.3 is 4.42 Å². The summed E-state index contributed by atoms with van der Waals surface area (Å²) in [5.41, 5.74) is 1.05. The van der Waals surface area contributed by atoms with Gasteiger partial charge in [0.2, 0.25) is 0 Å². The highest BCUT2D eigenvalue weighted by Gasteiger charge is 2.05. The van der Waals surface area contributed by atoms with Crippen LogP contribution in [0.2, 0.25) is 0 Å². The molecule has 1 aliphatic carbocycles. The van der Waals surface area contributed by atoms with E-state index in [0.29, 0.717) is 0 Å². The molecular formula is C10H12O. The Labute approximate surface area is 66.0 Å². The van der Waals surface area contributed by atoms with Gasteiger partial charge in [-0.2, -0.15) is 0 Å². The Hall–Kier alpha value is -0.980. The molecule has 1 atom stereocenters. The van der Waals surface area contributed by atoms with Crippen LogP contribution in [0.1, 0.15) is 19.8 Å². The van der Waals surface area contributed by atoms with Gasteiger partial charge in [0.15, 0.2) is 0 Å². The van der Waals surface area contributed by atoms with Crippen LogP contribution in [-0.4, -0.2) is 0 Å². The molecule has 11 heavy (non-hydrogen) atoms. The quantitative estimate of drug-likeness (QED) is 0.584. The average Bonchev–Trinajstić information content (AvgIpc) is 2.50. The molecule has 1 heterocycles. The van der Waals surface area contributed by atoms with Gasteiger partial charge in [-0.1, -0.05) is 13.0 Å². The van der Waals surface area contributed by atoms with Crippen molar-refractivity contribution in [3.63, 3.8) is 0 Å². The van der Waals surface area contributed by atoms with Crippen LogP contribution >= 0.6 is 0 Å². The molecule has 0 radical (unpaired) electrons. The van der Waals surface area contributed by atoms with E-state index in [4.69, 9.17) is 4.42 Å². The van der Waals surface area contributed by atoms with Gasteiger partial charge in [-0.05, 0) is 30.9 Å². The van der Waals surface area contributed by atoms with Gasteiger partial charge in [0, 0.05) is 5.22 Å². The van der Waals surface area contributed by atoms with E-state index in [9.17, 15) is 0 Å². The molecule has 0 saturated carbocycles. The van der Waals surface area contributed by atoms with Crippen molar-refractivity contribution in [1.29, 1.82) is 0 Å². The van der Waals surface area contributed by atoms with Crippen LogP contribution in [0.15, 0.2) is 16.7 Å². The van der Waals surface area contributed by atoms with Gasteiger partial charge >= 0.3 is 0 Å². The monoisotopic (exact) mass is 148 g/mol. The van der Waals surface area contributed by atoms with Crippen LogP contribution in [0.4, 0.5) is 0 Å². The molecule has 2 rings (SSSR count). The van der Waals surface area contributed by atoms with Crippen molar-refractivity contribution in [3.05, 3.63) is 23.0 Å². The first-order chi connectivity index (χ1) is 5.40. The molecule has 0 spiro atoms. The summed E-state index contributed by atoms with van der Waals surface area (Å²) in [6.45, 7) is 2.22. The standard InChI is InChI=1S/C10H12O/c1-2-8-3-4-10-9(7-8)5-6-11-10/h4-8H,2-3H2,1H3. The van der Waals surface area contributed by atoms with Gasteiger partial charge in [-0.25, -0.2) is 0 Å². The first-order valence-electron chi connectivity index (χ1n) is 4.15. The van der Waals surface area contributed by atoms with Crippen LogP contribution in [-0.2, 0) is 0 Å². The highest BCUT2D eigenvalue weighted by molar-refractivity contribution is 5.37. The van der Waals surface area contributed by atoms with Crippen molar-refractivity contribution < 1.29 is 4.42 Å². The van der Waals surface area contributed by atoms with Crippen LogP contribution < -0.4 is 10.6 Å². The largest absolute Gasteiger partial charge is 0.465 e. The van der Waals surface area contributed by atoms with Crippen molar-refractivity contribution >= 4 is 12.2 Å². The van der Waals surface area contributed by atoms with Crippen molar-refractivity contribution in [3.8, 4) is 0 Å². The van der Waals surface area contributed by atoms with Crippen molar-refractivity contribution in [1.82, 2.24) is 0 Å². The maximum Gasteiger partial charge on any atom is 0.129 e. The minimum atomic E-state index is 0.722. The highest BCUT2D eigenvalue weighted by Crippen LogP contribution is 2.11. The lowest BCUT2D eigenvalue weighted by atomic mass is 9.98. The van der Waals surface area contributed by atoms with Gasteiger partial charge in [0.05, 0.1) is 6.26 Å². The SMILES string of the molecule is CCC1C=c2ccoc2=CC1. The van der Waals surface area contributed by atoms with E-state index in [1.165, 1.54) is 11.6 Å². The van der Waals surface area contributed by atoms with E-state index in [0.717, 1.165) is 17.8 Å². The molecule has 1 aromatic heterocycles. The van der Waals surface area contributed by atoms with Crippen LogP contribution in [0.25, 0.3) is 12.2 Å². The molecule has 1 heteroatoms. The lowest BCUT2D eigenvalue weighted by Gasteiger charge is -2.07. The average molecular weight is 148 g/mol. The Morgan fingerprint density at radius 1 is 1.64 bits per heavy atom. The second-order valence-electron chi connectivity index (χ2n) is 3.02. The molecule has 1 aromatic rings. The van der Waals surface area contributed by atoms with Gasteiger partial charge in [0.1, 0.15) is 5.42 Å². The normalized spacial score (nSPS) is 21.7. The summed E-state index contributed by atoms with van der Waals surface area (Å²) in [5, 5.41) is 1.27. The third-order valence-electron chi connectivity index (χ3n) is 2.27. The fourth-order valence-corrected chi connectivity index (χ4v) is 1.50. The third-order valence-corrected chi connectivity index (χ3v) is 2.27. The summed E-state index contributed by atoms with van der Waals surface area (Å²) in [6, 6.07) is 2.04. The van der Waals surface area contributed by atoms with Gasteiger partial charge in [0.25, 0.3) is 0 Å². The molecule has 0 amide bonds. The smallest absolute Gasteiger partial charge is 0.129 e. The zero-order valence-electron chi connectivity index (χ0n) is 6.71. The molecule has 1 aliphatic rings. The van der Waals surface area contributed by atoms with E-state index in [2.05, 4.69) is 19.1 Å². The van der Waals surface area contributed by atoms with E-state index in [-0.39, 0.29) is 0 Å². The zero-order valence-corrected chi connectivity index (χ0v) is 6.71. The van der Waals surface area contributed by atoms with Crippen molar-refractivity contribution in [2.24, 2.45) is 5.92 Å². The molecule has 0 aliphatic heterocycles. The van der Waals surface area contributed by atoms with Gasteiger partial charge in [-0.15, -0.1) is 0 Å². The van der Waals surface area contributed by atoms with E-state index >= 15 is 0 Å². The predicted molar refractivity (Wildman–Crippen MR) is 45.3 cm³/mol. The summed E-state index contributed by atoms with van der Waals surface area (Å²) in [5.74, 6) is 0.722. The molecule has 0 N–H and O–H groups in total. The molecule has 0 fully saturated rings. The number of hydrogen-bond acceptors (Lipinski definition) is 1. The molecule has 1 nitrogen and oxygen atoms in total. The Balaban J connectivity index is 2.53. The number of fused-ring (bicyclic) bond motifs is 1. The molecule has 0 bridgehead atoms. The Kier molecular flexibility index (Phi) is 1.57. The summed E-state index contributed by atoms with van der Waals surface area (Å²) < 4.78 is 5.26. The highest BCUT2D eigenvalue weighted by atomic mass is 16.3. The second-order valence-corrected chi connectivity index (χ2v) is 3.02. The summed E-state index contributed by atoms with van der Waals surface area (Å²) >= 11 is 0. The third kappa shape index (κ3) is 1.11. The zero-order chi connectivity index (χ0) is 7.68. The van der Waals surface area contributed by atoms with Crippen LogP contribution in [0.3, 0.4) is 0 Å². The van der Waals surface area contributed by atoms with Crippen molar-refractivity contribution in [2.45, 2.75) is 19.8 Å². The number of furan rings is 1. The molecule has 0 saturated heterocycles. The lowest BCUT2D eigenvalue weighted by molar-refractivity contribution is 0.523. The van der Waals surface area contributed by atoms with E-state index in [1.807, 2.05) is 6.07 Å². The fourth-order valence-electron chi connectivity index (χ4n) is 1.50. The minimum absolute atomic E-state index is 0.722. The Morgan fingerprint density at radius 3 is 3.36 bits per heavy atom. The Bertz CT molecular complexity index is 345. The lowest BCUT2D eigenvalue weighted by Crippen LogP contribution is -2.24. The fraction of sp³-hybridized carbons (Fsp3) is 0.400. The van der Waals surface area contributed by atoms with E-state index < -0.39 is 0 Å². The molecule has 0 aromatic carbocycles. The number of rotatable bonds is 1. The first kappa shape index (κ1) is 6.71. The molecule has 1 unspecified atom stereocenters. The minimum Gasteiger partial charge on any atom is -0.465 e. The summed E-state index contributed by atoms with van der Waals surface area (Å²) in [7, 11) is 0. The van der Waals surface area contributed by atoms with Crippen LogP contribution in [0.5, 0.6) is 0 Å². The van der Waals surface area contributed by atoms with Crippen LogP contribution in [0, 0.1) is 5.92 Å². The van der Waals surface area contributed by atoms with Crippen molar-refractivity contribution in [2.75, 3.05) is 0 Å². The predicted octanol–water partition coefficient (Wildman–Crippen LogP) is 1.27. The van der Waals surface area contributed by atoms with E-state index in [1.54, 1.807) is 6.26 Å². The topological polar surface area (TPSA) is 13.1 Å². The Morgan fingerprint density at radius 2 is 2.55 bits per heavy atom. The van der Waals surface area contributed by atoms with Gasteiger partial charge in [-0.3, -0.25) is 0 Å². The summed E-state index contributed by atoms with van der Waals surface area (Å²) in [4.78, 5) is 0. The first-order valence-corrected chi connectivity index (χ1v) is 4.15. The molecule has 58 valence electrons.